The number of benzene rings is 1. The maximum absolute atomic E-state index is 13.3. The molecule has 7 heteroatoms. The summed E-state index contributed by atoms with van der Waals surface area (Å²) in [6, 6.07) is 3.55. The number of methoxy groups -OCH3 is 1. The zero-order chi connectivity index (χ0) is 13.3. The Morgan fingerprint density at radius 1 is 1.50 bits per heavy atom. The first-order valence-corrected chi connectivity index (χ1v) is 5.23. The first kappa shape index (κ1) is 12.4. The predicted molar refractivity (Wildman–Crippen MR) is 62.5 cm³/mol. The average molecular weight is 271 g/mol. The molecule has 0 aliphatic carbocycles. The lowest BCUT2D eigenvalue weighted by molar-refractivity contribution is 0.0690. The molecule has 0 radical (unpaired) electrons. The number of carboxylic acids is 1. The van der Waals surface area contributed by atoms with Gasteiger partial charge in [0, 0.05) is 5.56 Å². The Kier molecular flexibility index (Phi) is 3.20. The largest absolute Gasteiger partial charge is 0.494 e. The number of H-pyrrole nitrogens is 1. The molecule has 0 spiro atoms. The summed E-state index contributed by atoms with van der Waals surface area (Å²) in [6.45, 7) is 0. The lowest BCUT2D eigenvalue weighted by Crippen LogP contribution is -1.95. The van der Waals surface area contributed by atoms with Crippen molar-refractivity contribution >= 4 is 17.6 Å². The molecule has 0 aliphatic rings. The molecular formula is C11H8ClFN2O3. The minimum atomic E-state index is -1.16. The summed E-state index contributed by atoms with van der Waals surface area (Å²) < 4.78 is 18.4. The number of rotatable bonds is 3. The lowest BCUT2D eigenvalue weighted by atomic mass is 10.1. The first-order valence-electron chi connectivity index (χ1n) is 4.85. The van der Waals surface area contributed by atoms with Gasteiger partial charge >= 0.3 is 5.97 Å². The van der Waals surface area contributed by atoms with Crippen molar-refractivity contribution in [2.75, 3.05) is 7.11 Å². The van der Waals surface area contributed by atoms with Crippen molar-refractivity contribution in [3.63, 3.8) is 0 Å². The van der Waals surface area contributed by atoms with Crippen LogP contribution in [0.4, 0.5) is 4.39 Å². The smallest absolute Gasteiger partial charge is 0.353 e. The van der Waals surface area contributed by atoms with E-state index in [4.69, 9.17) is 21.4 Å². The average Bonchev–Trinajstić information content (AvgIpc) is 2.77. The number of hydrogen-bond acceptors (Lipinski definition) is 3. The molecule has 0 amide bonds. The van der Waals surface area contributed by atoms with Gasteiger partial charge in [0.05, 0.1) is 17.8 Å². The van der Waals surface area contributed by atoms with Gasteiger partial charge in [-0.1, -0.05) is 11.6 Å². The van der Waals surface area contributed by atoms with Crippen molar-refractivity contribution in [3.8, 4) is 17.0 Å². The third-order valence-electron chi connectivity index (χ3n) is 2.30. The van der Waals surface area contributed by atoms with E-state index in [2.05, 4.69) is 10.2 Å². The van der Waals surface area contributed by atoms with Gasteiger partial charge in [0.2, 0.25) is 0 Å². The molecule has 94 valence electrons. The molecule has 0 aliphatic heterocycles. The quantitative estimate of drug-likeness (QED) is 0.899. The molecule has 0 saturated heterocycles. The van der Waals surface area contributed by atoms with Crippen molar-refractivity contribution in [3.05, 3.63) is 34.7 Å². The molecule has 18 heavy (non-hydrogen) atoms. The van der Waals surface area contributed by atoms with Crippen LogP contribution in [0.1, 0.15) is 10.5 Å². The molecule has 0 unspecified atom stereocenters. The molecule has 0 saturated carbocycles. The normalized spacial score (nSPS) is 10.4. The summed E-state index contributed by atoms with van der Waals surface area (Å²) in [5.74, 6) is -1.48. The summed E-state index contributed by atoms with van der Waals surface area (Å²) in [6.07, 6.45) is 0. The Labute approximate surface area is 106 Å². The molecule has 1 aromatic carbocycles. The summed E-state index contributed by atoms with van der Waals surface area (Å²) in [4.78, 5) is 10.7. The summed E-state index contributed by atoms with van der Waals surface area (Å²) in [5, 5.41) is 15.0. The van der Waals surface area contributed by atoms with E-state index in [1.165, 1.54) is 19.2 Å². The number of nitrogens with zero attached hydrogens (tertiary/aromatic N) is 1. The van der Waals surface area contributed by atoms with E-state index in [1.807, 2.05) is 0 Å². The van der Waals surface area contributed by atoms with Crippen molar-refractivity contribution in [1.82, 2.24) is 10.2 Å². The molecule has 1 heterocycles. The van der Waals surface area contributed by atoms with E-state index < -0.39 is 11.8 Å². The molecule has 0 bridgehead atoms. The highest BCUT2D eigenvalue weighted by atomic mass is 35.5. The van der Waals surface area contributed by atoms with Gasteiger partial charge in [-0.3, -0.25) is 5.10 Å². The Balaban J connectivity index is 2.58. The second-order valence-electron chi connectivity index (χ2n) is 3.44. The number of halogens is 2. The topological polar surface area (TPSA) is 75.2 Å². The predicted octanol–water partition coefficient (Wildman–Crippen LogP) is 2.58. The van der Waals surface area contributed by atoms with Gasteiger partial charge in [-0.25, -0.2) is 9.18 Å². The lowest BCUT2D eigenvalue weighted by Gasteiger charge is -2.08. The maximum atomic E-state index is 13.3. The van der Waals surface area contributed by atoms with Crippen LogP contribution in [0.25, 0.3) is 11.3 Å². The van der Waals surface area contributed by atoms with Crippen LogP contribution in [0.15, 0.2) is 18.2 Å². The highest BCUT2D eigenvalue weighted by Crippen LogP contribution is 2.36. The number of aromatic carboxylic acids is 1. The van der Waals surface area contributed by atoms with E-state index >= 15 is 0 Å². The fourth-order valence-electron chi connectivity index (χ4n) is 1.53. The van der Waals surface area contributed by atoms with Crippen molar-refractivity contribution in [2.24, 2.45) is 0 Å². The summed E-state index contributed by atoms with van der Waals surface area (Å²) in [7, 11) is 1.38. The molecule has 0 fully saturated rings. The third-order valence-corrected chi connectivity index (χ3v) is 2.58. The van der Waals surface area contributed by atoms with Gasteiger partial charge in [0.15, 0.2) is 0 Å². The van der Waals surface area contributed by atoms with Crippen molar-refractivity contribution in [2.45, 2.75) is 0 Å². The molecular weight excluding hydrogens is 263 g/mol. The molecule has 1 aromatic heterocycles. The second kappa shape index (κ2) is 4.66. The van der Waals surface area contributed by atoms with Crippen LogP contribution in [-0.2, 0) is 0 Å². The van der Waals surface area contributed by atoms with E-state index in [0.717, 1.165) is 6.07 Å². The van der Waals surface area contributed by atoms with Gasteiger partial charge in [-0.15, -0.1) is 0 Å². The number of ether oxygens (including phenoxy) is 1. The molecule has 5 nitrogen and oxygen atoms in total. The molecule has 0 atom stereocenters. The summed E-state index contributed by atoms with van der Waals surface area (Å²) in [5.41, 5.74) is 0.421. The van der Waals surface area contributed by atoms with Crippen LogP contribution < -0.4 is 4.74 Å². The Hall–Kier alpha value is -2.08. The number of aromatic nitrogens is 2. The van der Waals surface area contributed by atoms with Gasteiger partial charge in [-0.05, 0) is 18.2 Å². The molecule has 2 N–H and O–H groups in total. The number of carbonyl (C=O) groups is 1. The van der Waals surface area contributed by atoms with E-state index in [0.29, 0.717) is 0 Å². The van der Waals surface area contributed by atoms with Crippen LogP contribution in [0.5, 0.6) is 5.75 Å². The Bertz CT molecular complexity index is 612. The number of aromatic amines is 1. The highest BCUT2D eigenvalue weighted by molar-refractivity contribution is 6.32. The zero-order valence-electron chi connectivity index (χ0n) is 9.20. The maximum Gasteiger partial charge on any atom is 0.353 e. The zero-order valence-corrected chi connectivity index (χ0v) is 9.95. The molecule has 2 rings (SSSR count). The van der Waals surface area contributed by atoms with Crippen LogP contribution in [0, 0.1) is 5.82 Å². The van der Waals surface area contributed by atoms with Crippen LogP contribution in [-0.4, -0.2) is 28.4 Å². The van der Waals surface area contributed by atoms with E-state index in [-0.39, 0.29) is 27.7 Å². The summed E-state index contributed by atoms with van der Waals surface area (Å²) >= 11 is 5.83. The number of nitrogens with one attached hydrogen (secondary N) is 1. The monoisotopic (exact) mass is 270 g/mol. The van der Waals surface area contributed by atoms with Crippen LogP contribution >= 0.6 is 11.6 Å². The van der Waals surface area contributed by atoms with Gasteiger partial charge in [0.1, 0.15) is 17.3 Å². The third kappa shape index (κ3) is 2.14. The highest BCUT2D eigenvalue weighted by Gasteiger charge is 2.16. The SMILES string of the molecule is COc1c(Cl)cc(F)cc1-c1cc(C(=O)O)[nH]n1. The fraction of sp³-hybridized carbons (Fsp3) is 0.0909. The van der Waals surface area contributed by atoms with Gasteiger partial charge in [-0.2, -0.15) is 5.10 Å². The van der Waals surface area contributed by atoms with Gasteiger partial charge in [0.25, 0.3) is 0 Å². The van der Waals surface area contributed by atoms with Crippen LogP contribution in [0.3, 0.4) is 0 Å². The number of hydrogen-bond donors (Lipinski definition) is 2. The number of carboxylic acid groups (broad SMARTS) is 1. The molecule has 2 aromatic rings. The minimum Gasteiger partial charge on any atom is -0.494 e. The minimum absolute atomic E-state index is 0.0902. The van der Waals surface area contributed by atoms with Crippen molar-refractivity contribution in [1.29, 1.82) is 0 Å². The standard InChI is InChI=1S/C11H8ClFN2O3/c1-18-10-6(2-5(13)3-7(10)12)8-4-9(11(16)17)15-14-8/h2-4H,1H3,(H,14,15)(H,16,17). The fourth-order valence-corrected chi connectivity index (χ4v) is 1.81. The van der Waals surface area contributed by atoms with Crippen molar-refractivity contribution < 1.29 is 19.0 Å². The van der Waals surface area contributed by atoms with E-state index in [9.17, 15) is 9.18 Å². The van der Waals surface area contributed by atoms with Gasteiger partial charge < -0.3 is 9.84 Å². The second-order valence-corrected chi connectivity index (χ2v) is 3.85. The Morgan fingerprint density at radius 2 is 2.22 bits per heavy atom. The van der Waals surface area contributed by atoms with Crippen LogP contribution in [0.2, 0.25) is 5.02 Å². The Morgan fingerprint density at radius 3 is 2.78 bits per heavy atom. The first-order chi connectivity index (χ1) is 8.52. The van der Waals surface area contributed by atoms with E-state index in [1.54, 1.807) is 0 Å².